The third kappa shape index (κ3) is 2.94. The van der Waals surface area contributed by atoms with Gasteiger partial charge in [0.05, 0.1) is 11.9 Å². The van der Waals surface area contributed by atoms with Gasteiger partial charge in [0.1, 0.15) is 0 Å². The summed E-state index contributed by atoms with van der Waals surface area (Å²) < 4.78 is 0. The third-order valence-electron chi connectivity index (χ3n) is 4.63. The van der Waals surface area contributed by atoms with Gasteiger partial charge in [-0.05, 0) is 5.56 Å². The third-order valence-corrected chi connectivity index (χ3v) is 4.63. The minimum Gasteiger partial charge on any atom is -0.354 e. The van der Waals surface area contributed by atoms with Gasteiger partial charge in [-0.2, -0.15) is 10.2 Å². The van der Waals surface area contributed by atoms with Gasteiger partial charge in [-0.3, -0.25) is 19.9 Å². The Bertz CT molecular complexity index is 882. The van der Waals surface area contributed by atoms with Crippen LogP contribution in [0.4, 0.5) is 0 Å². The molecule has 0 saturated carbocycles. The molecular weight excluding hydrogens is 316 g/mol. The number of benzene rings is 1. The van der Waals surface area contributed by atoms with E-state index in [0.717, 1.165) is 47.6 Å². The fraction of sp³-hybridized carbons (Fsp3) is 0.278. The van der Waals surface area contributed by atoms with E-state index in [-0.39, 0.29) is 5.91 Å². The Balaban J connectivity index is 1.55. The van der Waals surface area contributed by atoms with Gasteiger partial charge in [-0.1, -0.05) is 30.3 Å². The molecule has 1 aliphatic rings. The highest BCUT2D eigenvalue weighted by atomic mass is 16.1. The molecule has 3 N–H and O–H groups in total. The van der Waals surface area contributed by atoms with E-state index >= 15 is 0 Å². The van der Waals surface area contributed by atoms with Crippen LogP contribution in [0.3, 0.4) is 0 Å². The van der Waals surface area contributed by atoms with Crippen LogP contribution < -0.4 is 5.32 Å². The fourth-order valence-electron chi connectivity index (χ4n) is 3.32. The van der Waals surface area contributed by atoms with Crippen LogP contribution in [0.1, 0.15) is 27.3 Å². The van der Waals surface area contributed by atoms with Crippen LogP contribution in [-0.4, -0.2) is 44.8 Å². The summed E-state index contributed by atoms with van der Waals surface area (Å²) in [5, 5.41) is 17.2. The number of rotatable bonds is 4. The van der Waals surface area contributed by atoms with Crippen molar-refractivity contribution in [3.8, 4) is 11.3 Å². The molecule has 1 aliphatic heterocycles. The Hall–Kier alpha value is -2.93. The van der Waals surface area contributed by atoms with E-state index in [2.05, 4.69) is 42.7 Å². The number of amides is 1. The molecule has 0 spiro atoms. The maximum Gasteiger partial charge on any atom is 0.271 e. The van der Waals surface area contributed by atoms with Crippen LogP contribution >= 0.6 is 0 Å². The molecule has 1 amide bonds. The highest BCUT2D eigenvalue weighted by Gasteiger charge is 2.25. The minimum atomic E-state index is -0.146. The first-order chi connectivity index (χ1) is 12.3. The summed E-state index contributed by atoms with van der Waals surface area (Å²) in [5.41, 5.74) is 5.88. The molecule has 0 unspecified atom stereocenters. The molecule has 2 aromatic heterocycles. The SMILES string of the molecule is CNC(=O)c1n[nH]c2c1CN(Cc1cn[nH]c1-c1ccccc1)CC2. The zero-order chi connectivity index (χ0) is 17.2. The normalized spacial score (nSPS) is 14.3. The molecule has 0 radical (unpaired) electrons. The second-order valence-corrected chi connectivity index (χ2v) is 6.21. The summed E-state index contributed by atoms with van der Waals surface area (Å²) in [4.78, 5) is 14.3. The van der Waals surface area contributed by atoms with Crippen LogP contribution in [0.15, 0.2) is 36.5 Å². The van der Waals surface area contributed by atoms with E-state index in [9.17, 15) is 4.79 Å². The smallest absolute Gasteiger partial charge is 0.271 e. The maximum atomic E-state index is 12.0. The van der Waals surface area contributed by atoms with Gasteiger partial charge in [0.25, 0.3) is 5.91 Å². The molecule has 3 aromatic rings. The van der Waals surface area contributed by atoms with Crippen LogP contribution in [-0.2, 0) is 19.5 Å². The average molecular weight is 336 g/mol. The van der Waals surface area contributed by atoms with Crippen molar-refractivity contribution >= 4 is 5.91 Å². The lowest BCUT2D eigenvalue weighted by Crippen LogP contribution is -2.31. The summed E-state index contributed by atoms with van der Waals surface area (Å²) in [6.07, 6.45) is 2.74. The largest absolute Gasteiger partial charge is 0.354 e. The van der Waals surface area contributed by atoms with E-state index in [1.54, 1.807) is 7.05 Å². The van der Waals surface area contributed by atoms with E-state index in [1.807, 2.05) is 24.4 Å². The van der Waals surface area contributed by atoms with Crippen molar-refractivity contribution in [2.45, 2.75) is 19.5 Å². The second-order valence-electron chi connectivity index (χ2n) is 6.21. The molecule has 128 valence electrons. The zero-order valence-corrected chi connectivity index (χ0v) is 14.0. The number of hydrogen-bond acceptors (Lipinski definition) is 4. The predicted molar refractivity (Wildman–Crippen MR) is 93.8 cm³/mol. The lowest BCUT2D eigenvalue weighted by molar-refractivity contribution is 0.0955. The summed E-state index contributed by atoms with van der Waals surface area (Å²) in [6.45, 7) is 2.40. The predicted octanol–water partition coefficient (Wildman–Crippen LogP) is 1.72. The molecule has 7 heteroatoms. The van der Waals surface area contributed by atoms with Crippen LogP contribution in [0.5, 0.6) is 0 Å². The van der Waals surface area contributed by atoms with Crippen molar-refractivity contribution in [3.63, 3.8) is 0 Å². The summed E-state index contributed by atoms with van der Waals surface area (Å²) in [5.74, 6) is -0.146. The van der Waals surface area contributed by atoms with E-state index in [4.69, 9.17) is 0 Å². The number of fused-ring (bicyclic) bond motifs is 1. The second kappa shape index (κ2) is 6.52. The van der Waals surface area contributed by atoms with Crippen LogP contribution in [0.25, 0.3) is 11.3 Å². The number of nitrogens with zero attached hydrogens (tertiary/aromatic N) is 3. The van der Waals surface area contributed by atoms with Gasteiger partial charge >= 0.3 is 0 Å². The van der Waals surface area contributed by atoms with Crippen molar-refractivity contribution in [1.29, 1.82) is 0 Å². The molecule has 25 heavy (non-hydrogen) atoms. The van der Waals surface area contributed by atoms with Crippen LogP contribution in [0, 0.1) is 0 Å². The standard InChI is InChI=1S/C18H20N6O/c1-19-18(25)17-14-11-24(8-7-15(14)21-23-17)10-13-9-20-22-16(13)12-5-3-2-4-6-12/h2-6,9H,7-8,10-11H2,1H3,(H,19,25)(H,20,22)(H,21,23). The topological polar surface area (TPSA) is 89.7 Å². The number of carbonyl (C=O) groups excluding carboxylic acids is 1. The summed E-state index contributed by atoms with van der Waals surface area (Å²) in [6, 6.07) is 10.2. The van der Waals surface area contributed by atoms with Crippen molar-refractivity contribution in [1.82, 2.24) is 30.6 Å². The van der Waals surface area contributed by atoms with E-state index in [0.29, 0.717) is 12.2 Å². The molecule has 3 heterocycles. The highest BCUT2D eigenvalue weighted by Crippen LogP contribution is 2.25. The molecule has 0 aliphatic carbocycles. The molecule has 7 nitrogen and oxygen atoms in total. The van der Waals surface area contributed by atoms with Crippen molar-refractivity contribution < 1.29 is 4.79 Å². The number of aromatic nitrogens is 4. The van der Waals surface area contributed by atoms with Gasteiger partial charge in [-0.15, -0.1) is 0 Å². The monoisotopic (exact) mass is 336 g/mol. The fourth-order valence-corrected chi connectivity index (χ4v) is 3.32. The van der Waals surface area contributed by atoms with Crippen molar-refractivity contribution in [3.05, 3.63) is 59.0 Å². The van der Waals surface area contributed by atoms with Gasteiger partial charge in [0, 0.05) is 49.9 Å². The Kier molecular flexibility index (Phi) is 4.07. The average Bonchev–Trinajstić information content (AvgIpc) is 3.28. The van der Waals surface area contributed by atoms with Crippen molar-refractivity contribution in [2.24, 2.45) is 0 Å². The number of aromatic amines is 2. The lowest BCUT2D eigenvalue weighted by Gasteiger charge is -2.26. The lowest BCUT2D eigenvalue weighted by atomic mass is 10.0. The van der Waals surface area contributed by atoms with Crippen LogP contribution in [0.2, 0.25) is 0 Å². The number of carbonyl (C=O) groups is 1. The first-order valence-corrected chi connectivity index (χ1v) is 8.34. The van der Waals surface area contributed by atoms with E-state index < -0.39 is 0 Å². The van der Waals surface area contributed by atoms with Gasteiger partial charge in [0.15, 0.2) is 5.69 Å². The first-order valence-electron chi connectivity index (χ1n) is 8.34. The zero-order valence-electron chi connectivity index (χ0n) is 14.0. The summed E-state index contributed by atoms with van der Waals surface area (Å²) >= 11 is 0. The molecule has 0 fully saturated rings. The molecular formula is C18H20N6O. The Morgan fingerprint density at radius 1 is 1.28 bits per heavy atom. The number of nitrogens with one attached hydrogen (secondary N) is 3. The first kappa shape index (κ1) is 15.6. The Labute approximate surface area is 145 Å². The Morgan fingerprint density at radius 3 is 2.92 bits per heavy atom. The molecule has 1 aromatic carbocycles. The highest BCUT2D eigenvalue weighted by molar-refractivity contribution is 5.93. The molecule has 0 bridgehead atoms. The number of H-pyrrole nitrogens is 2. The van der Waals surface area contributed by atoms with Crippen molar-refractivity contribution in [2.75, 3.05) is 13.6 Å². The number of hydrogen-bond donors (Lipinski definition) is 3. The van der Waals surface area contributed by atoms with Gasteiger partial charge in [0.2, 0.25) is 0 Å². The Morgan fingerprint density at radius 2 is 2.12 bits per heavy atom. The van der Waals surface area contributed by atoms with E-state index in [1.165, 1.54) is 0 Å². The summed E-state index contributed by atoms with van der Waals surface area (Å²) in [7, 11) is 1.63. The molecule has 0 atom stereocenters. The van der Waals surface area contributed by atoms with Gasteiger partial charge in [-0.25, -0.2) is 0 Å². The molecule has 4 rings (SSSR count). The minimum absolute atomic E-state index is 0.146. The maximum absolute atomic E-state index is 12.0. The quantitative estimate of drug-likeness (QED) is 0.677. The van der Waals surface area contributed by atoms with Gasteiger partial charge < -0.3 is 5.32 Å². The molecule has 0 saturated heterocycles.